The smallest absolute Gasteiger partial charge is 0.320 e. The number of halogens is 3. The van der Waals surface area contributed by atoms with Crippen molar-refractivity contribution >= 4 is 46.4 Å². The van der Waals surface area contributed by atoms with Crippen molar-refractivity contribution in [2.75, 3.05) is 19.2 Å². The van der Waals surface area contributed by atoms with Crippen LogP contribution in [0.2, 0.25) is 0 Å². The molecule has 2 rings (SSSR count). The van der Waals surface area contributed by atoms with Gasteiger partial charge in [-0.05, 0) is 19.2 Å². The van der Waals surface area contributed by atoms with Gasteiger partial charge in [0.25, 0.3) is 6.29 Å². The van der Waals surface area contributed by atoms with E-state index in [0.29, 0.717) is 5.75 Å². The summed E-state index contributed by atoms with van der Waals surface area (Å²) < 4.78 is 8.31. The first-order valence-electron chi connectivity index (χ1n) is 6.05. The minimum absolute atomic E-state index is 0.186. The molecule has 22 heavy (non-hydrogen) atoms. The van der Waals surface area contributed by atoms with Crippen LogP contribution in [0.1, 0.15) is 0 Å². The number of nitrogens with one attached hydrogen (secondary N) is 1. The summed E-state index contributed by atoms with van der Waals surface area (Å²) in [6.45, 7) is 0. The molecule has 2 atom stereocenters. The lowest BCUT2D eigenvalue weighted by Crippen LogP contribution is -2.52. The van der Waals surface area contributed by atoms with Crippen molar-refractivity contribution in [3.63, 3.8) is 0 Å². The van der Waals surface area contributed by atoms with E-state index in [1.54, 1.807) is 6.07 Å². The van der Waals surface area contributed by atoms with Gasteiger partial charge in [0.05, 0.1) is 7.11 Å². The van der Waals surface area contributed by atoms with E-state index in [-0.39, 0.29) is 11.4 Å². The highest BCUT2D eigenvalue weighted by molar-refractivity contribution is 6.68. The van der Waals surface area contributed by atoms with Crippen molar-refractivity contribution < 1.29 is 24.2 Å². The molecule has 0 radical (unpaired) electrons. The summed E-state index contributed by atoms with van der Waals surface area (Å²) in [7, 11) is 2.96. The number of methoxy groups -OCH3 is 1. The van der Waals surface area contributed by atoms with E-state index < -0.39 is 22.2 Å². The molecule has 1 aromatic carbocycles. The second-order valence-electron chi connectivity index (χ2n) is 4.25. The molecule has 122 valence electrons. The molecule has 1 aliphatic heterocycles. The molecule has 7 nitrogen and oxygen atoms in total. The van der Waals surface area contributed by atoms with E-state index in [2.05, 4.69) is 5.32 Å². The number of hydrogen-bond acceptors (Lipinski definition) is 6. The number of hydrogen-bond donors (Lipinski definition) is 2. The molecule has 1 amide bonds. The lowest BCUT2D eigenvalue weighted by Gasteiger charge is -2.35. The van der Waals surface area contributed by atoms with Gasteiger partial charge in [-0.1, -0.05) is 34.8 Å². The number of carbonyl (C=O) groups is 1. The molecule has 0 saturated carbocycles. The molecule has 2 unspecified atom stereocenters. The molecule has 0 spiro atoms. The summed E-state index contributed by atoms with van der Waals surface area (Å²) in [5, 5.41) is 13.1. The number of anilines is 1. The average Bonchev–Trinajstić information content (AvgIpc) is 2.46. The second-order valence-corrected chi connectivity index (χ2v) is 6.62. The summed E-state index contributed by atoms with van der Waals surface area (Å²) in [6, 6.07) is 4.60. The standard InChI is InChI=1S/C12H13Cl3N2O5/c1-16-11(12(13,14)15)22-17-7-4-3-6(20-2)5-8(7)21-10(19)9(17)18/h3-5,10-11,16,19H,1-2H3. The van der Waals surface area contributed by atoms with Gasteiger partial charge in [0.1, 0.15) is 11.4 Å². The third-order valence-electron chi connectivity index (χ3n) is 2.81. The minimum Gasteiger partial charge on any atom is -0.497 e. The fourth-order valence-electron chi connectivity index (χ4n) is 1.76. The maximum Gasteiger partial charge on any atom is 0.320 e. The van der Waals surface area contributed by atoms with Gasteiger partial charge in [-0.2, -0.15) is 5.06 Å². The molecule has 1 heterocycles. The molecule has 10 heteroatoms. The average molecular weight is 372 g/mol. The maximum absolute atomic E-state index is 12.1. The summed E-state index contributed by atoms with van der Waals surface area (Å²) in [5.74, 6) is -0.190. The number of amides is 1. The van der Waals surface area contributed by atoms with Crippen LogP contribution in [-0.4, -0.2) is 41.5 Å². The van der Waals surface area contributed by atoms with Crippen molar-refractivity contribution in [1.29, 1.82) is 0 Å². The molecular weight excluding hydrogens is 358 g/mol. The lowest BCUT2D eigenvalue weighted by atomic mass is 10.2. The molecule has 2 N–H and O–H groups in total. The van der Waals surface area contributed by atoms with Crippen LogP contribution in [-0.2, 0) is 9.63 Å². The number of nitrogens with zero attached hydrogens (tertiary/aromatic N) is 1. The Hall–Kier alpha value is -0.960. The first kappa shape index (κ1) is 17.4. The molecule has 1 aliphatic rings. The van der Waals surface area contributed by atoms with Crippen LogP contribution in [0, 0.1) is 0 Å². The van der Waals surface area contributed by atoms with Crippen LogP contribution < -0.4 is 19.9 Å². The first-order valence-corrected chi connectivity index (χ1v) is 7.18. The Morgan fingerprint density at radius 1 is 1.45 bits per heavy atom. The van der Waals surface area contributed by atoms with Crippen LogP contribution in [0.3, 0.4) is 0 Å². The molecule has 0 saturated heterocycles. The fraction of sp³-hybridized carbons (Fsp3) is 0.417. The monoisotopic (exact) mass is 370 g/mol. The van der Waals surface area contributed by atoms with Gasteiger partial charge in [-0.3, -0.25) is 10.1 Å². The highest BCUT2D eigenvalue weighted by atomic mass is 35.6. The van der Waals surface area contributed by atoms with Gasteiger partial charge in [-0.15, -0.1) is 0 Å². The Morgan fingerprint density at radius 3 is 2.68 bits per heavy atom. The number of aliphatic hydroxyl groups excluding tert-OH is 1. The van der Waals surface area contributed by atoms with Crippen LogP contribution >= 0.6 is 34.8 Å². The number of fused-ring (bicyclic) bond motifs is 1. The largest absolute Gasteiger partial charge is 0.497 e. The van der Waals surface area contributed by atoms with Crippen LogP contribution in [0.15, 0.2) is 18.2 Å². The number of hydroxylamine groups is 1. The van der Waals surface area contributed by atoms with Crippen molar-refractivity contribution in [1.82, 2.24) is 5.32 Å². The topological polar surface area (TPSA) is 80.3 Å². The third-order valence-corrected chi connectivity index (χ3v) is 3.40. The molecular formula is C12H13Cl3N2O5. The van der Waals surface area contributed by atoms with E-state index in [9.17, 15) is 9.90 Å². The normalized spacial score (nSPS) is 19.5. The van der Waals surface area contributed by atoms with E-state index in [1.807, 2.05) is 0 Å². The van der Waals surface area contributed by atoms with Crippen molar-refractivity contribution in [3.05, 3.63) is 18.2 Å². The third kappa shape index (κ3) is 3.51. The first-order chi connectivity index (χ1) is 10.3. The Kier molecular flexibility index (Phi) is 5.26. The van der Waals surface area contributed by atoms with E-state index >= 15 is 0 Å². The van der Waals surface area contributed by atoms with Crippen LogP contribution in [0.25, 0.3) is 0 Å². The van der Waals surface area contributed by atoms with Crippen molar-refractivity contribution in [3.8, 4) is 11.5 Å². The number of ether oxygens (including phenoxy) is 2. The zero-order valence-corrected chi connectivity index (χ0v) is 13.8. The molecule has 0 fully saturated rings. The SMILES string of the molecule is CNC(ON1C(=O)C(O)Oc2cc(OC)ccc21)C(Cl)(Cl)Cl. The van der Waals surface area contributed by atoms with Crippen LogP contribution in [0.5, 0.6) is 11.5 Å². The van der Waals surface area contributed by atoms with Gasteiger partial charge >= 0.3 is 5.91 Å². The summed E-state index contributed by atoms with van der Waals surface area (Å²) in [6.07, 6.45) is -2.88. The predicted molar refractivity (Wildman–Crippen MR) is 81.3 cm³/mol. The molecule has 0 aromatic heterocycles. The summed E-state index contributed by atoms with van der Waals surface area (Å²) in [5.41, 5.74) is 0.241. The van der Waals surface area contributed by atoms with E-state index in [0.717, 1.165) is 5.06 Å². The zero-order chi connectivity index (χ0) is 16.5. The number of benzene rings is 1. The predicted octanol–water partition coefficient (Wildman–Crippen LogP) is 1.59. The van der Waals surface area contributed by atoms with Crippen molar-refractivity contribution in [2.45, 2.75) is 16.3 Å². The molecule has 0 aliphatic carbocycles. The van der Waals surface area contributed by atoms with Crippen LogP contribution in [0.4, 0.5) is 5.69 Å². The Morgan fingerprint density at radius 2 is 2.14 bits per heavy atom. The second kappa shape index (κ2) is 6.66. The van der Waals surface area contributed by atoms with Crippen molar-refractivity contribution in [2.24, 2.45) is 0 Å². The fourth-order valence-corrected chi connectivity index (χ4v) is 2.21. The number of carbonyl (C=O) groups excluding carboxylic acids is 1. The molecule has 1 aromatic rings. The van der Waals surface area contributed by atoms with Gasteiger partial charge < -0.3 is 14.6 Å². The van der Waals surface area contributed by atoms with E-state index in [1.165, 1.54) is 26.3 Å². The van der Waals surface area contributed by atoms with E-state index in [4.69, 9.17) is 49.1 Å². The Balaban J connectivity index is 2.36. The Bertz CT molecular complexity index is 566. The quantitative estimate of drug-likeness (QED) is 0.618. The van der Waals surface area contributed by atoms with Gasteiger partial charge in [0.15, 0.2) is 12.0 Å². The minimum atomic E-state index is -1.84. The Labute approximate surface area is 141 Å². The maximum atomic E-state index is 12.1. The number of alkyl halides is 3. The summed E-state index contributed by atoms with van der Waals surface area (Å²) >= 11 is 17.3. The zero-order valence-electron chi connectivity index (χ0n) is 11.5. The van der Waals surface area contributed by atoms with Gasteiger partial charge in [0.2, 0.25) is 3.79 Å². The van der Waals surface area contributed by atoms with Gasteiger partial charge in [-0.25, -0.2) is 4.84 Å². The van der Waals surface area contributed by atoms with Gasteiger partial charge in [0, 0.05) is 6.07 Å². The highest BCUT2D eigenvalue weighted by Gasteiger charge is 2.41. The lowest BCUT2D eigenvalue weighted by molar-refractivity contribution is -0.154. The number of rotatable bonds is 4. The summed E-state index contributed by atoms with van der Waals surface area (Å²) in [4.78, 5) is 17.4. The molecule has 0 bridgehead atoms. The highest BCUT2D eigenvalue weighted by Crippen LogP contribution is 2.39. The number of aliphatic hydroxyl groups is 1.